The van der Waals surface area contributed by atoms with Crippen LogP contribution < -0.4 is 5.32 Å². The lowest BCUT2D eigenvalue weighted by Gasteiger charge is -2.12. The predicted octanol–water partition coefficient (Wildman–Crippen LogP) is 4.11. The molecule has 0 aliphatic carbocycles. The van der Waals surface area contributed by atoms with Crippen LogP contribution in [0.4, 0.5) is 0 Å². The van der Waals surface area contributed by atoms with Crippen LogP contribution in [0, 0.1) is 0 Å². The highest BCUT2D eigenvalue weighted by atomic mass is 32.2. The summed E-state index contributed by atoms with van der Waals surface area (Å²) >= 11 is 3.49. The fraction of sp³-hybridized carbons (Fsp3) is 0.357. The normalized spacial score (nSPS) is 12.6. The molecule has 0 saturated carbocycles. The van der Waals surface area contributed by atoms with Gasteiger partial charge in [-0.1, -0.05) is 19.1 Å². The van der Waals surface area contributed by atoms with Gasteiger partial charge in [0, 0.05) is 22.1 Å². The first-order valence-electron chi connectivity index (χ1n) is 6.12. The molecule has 0 amide bonds. The Balaban J connectivity index is 1.91. The smallest absolute Gasteiger partial charge is 0.0795 e. The molecule has 1 atom stereocenters. The number of hydrogen-bond acceptors (Lipinski definition) is 4. The van der Waals surface area contributed by atoms with Crippen LogP contribution in [0.5, 0.6) is 0 Å². The Labute approximate surface area is 117 Å². The van der Waals surface area contributed by atoms with Gasteiger partial charge < -0.3 is 5.32 Å². The first-order chi connectivity index (χ1) is 8.79. The number of benzene rings is 1. The van der Waals surface area contributed by atoms with Crippen molar-refractivity contribution in [1.82, 2.24) is 10.3 Å². The molecule has 96 valence electrons. The summed E-state index contributed by atoms with van der Waals surface area (Å²) in [5.41, 5.74) is 4.39. The maximum Gasteiger partial charge on any atom is 0.0795 e. The highest BCUT2D eigenvalue weighted by Crippen LogP contribution is 2.24. The summed E-state index contributed by atoms with van der Waals surface area (Å²) in [6.07, 6.45) is 0. The third-order valence-corrected chi connectivity index (χ3v) is 4.44. The zero-order valence-corrected chi connectivity index (χ0v) is 12.4. The molecule has 0 spiro atoms. The summed E-state index contributed by atoms with van der Waals surface area (Å²) in [4.78, 5) is 5.59. The molecule has 1 unspecified atom stereocenters. The average Bonchev–Trinajstić information content (AvgIpc) is 2.90. The van der Waals surface area contributed by atoms with Gasteiger partial charge in [-0.15, -0.1) is 23.1 Å². The molecule has 4 heteroatoms. The van der Waals surface area contributed by atoms with E-state index in [2.05, 4.69) is 53.8 Å². The van der Waals surface area contributed by atoms with Crippen molar-refractivity contribution in [3.8, 4) is 0 Å². The topological polar surface area (TPSA) is 24.9 Å². The molecular formula is C14H18N2S2. The fourth-order valence-corrected chi connectivity index (χ4v) is 3.21. The standard InChI is InChI=1S/C14H18N2S2/c1-3-15-11(2)12-4-6-14(7-5-12)18-9-13-8-17-10-16-13/h4-8,10-11,15H,3,9H2,1-2H3. The summed E-state index contributed by atoms with van der Waals surface area (Å²) in [6.45, 7) is 5.33. The zero-order valence-electron chi connectivity index (χ0n) is 10.7. The van der Waals surface area contributed by atoms with E-state index in [4.69, 9.17) is 0 Å². The van der Waals surface area contributed by atoms with Crippen LogP contribution in [0.25, 0.3) is 0 Å². The molecule has 2 nitrogen and oxygen atoms in total. The van der Waals surface area contributed by atoms with Gasteiger partial charge in [-0.05, 0) is 31.2 Å². The van der Waals surface area contributed by atoms with Crippen LogP contribution in [0.3, 0.4) is 0 Å². The summed E-state index contributed by atoms with van der Waals surface area (Å²) in [5, 5.41) is 5.53. The number of rotatable bonds is 6. The molecular weight excluding hydrogens is 260 g/mol. The van der Waals surface area contributed by atoms with E-state index in [-0.39, 0.29) is 0 Å². The number of hydrogen-bond donors (Lipinski definition) is 1. The minimum absolute atomic E-state index is 0.424. The molecule has 0 aliphatic rings. The van der Waals surface area contributed by atoms with E-state index in [1.54, 1.807) is 11.3 Å². The highest BCUT2D eigenvalue weighted by Gasteiger charge is 2.03. The highest BCUT2D eigenvalue weighted by molar-refractivity contribution is 7.98. The van der Waals surface area contributed by atoms with Crippen LogP contribution in [-0.4, -0.2) is 11.5 Å². The molecule has 2 rings (SSSR count). The molecule has 1 aromatic heterocycles. The maximum atomic E-state index is 4.29. The van der Waals surface area contributed by atoms with Crippen LogP contribution >= 0.6 is 23.1 Å². The summed E-state index contributed by atoms with van der Waals surface area (Å²) in [6, 6.07) is 9.22. The third kappa shape index (κ3) is 3.83. The maximum absolute atomic E-state index is 4.29. The monoisotopic (exact) mass is 278 g/mol. The molecule has 1 aromatic carbocycles. The quantitative estimate of drug-likeness (QED) is 0.805. The van der Waals surface area contributed by atoms with E-state index in [1.807, 2.05) is 17.3 Å². The SMILES string of the molecule is CCNC(C)c1ccc(SCc2cscn2)cc1. The molecule has 0 saturated heterocycles. The van der Waals surface area contributed by atoms with Crippen LogP contribution in [0.1, 0.15) is 31.1 Å². The first-order valence-corrected chi connectivity index (χ1v) is 8.05. The predicted molar refractivity (Wildman–Crippen MR) is 80.2 cm³/mol. The van der Waals surface area contributed by atoms with Gasteiger partial charge in [0.2, 0.25) is 0 Å². The number of thioether (sulfide) groups is 1. The fourth-order valence-electron chi connectivity index (χ4n) is 1.74. The van der Waals surface area contributed by atoms with Crippen LogP contribution in [0.2, 0.25) is 0 Å². The van der Waals surface area contributed by atoms with E-state index in [1.165, 1.54) is 10.5 Å². The molecule has 0 radical (unpaired) electrons. The number of thiazole rings is 1. The molecule has 1 N–H and O–H groups in total. The van der Waals surface area contributed by atoms with Crippen LogP contribution in [0.15, 0.2) is 40.1 Å². The van der Waals surface area contributed by atoms with Crippen molar-refractivity contribution in [2.45, 2.75) is 30.5 Å². The summed E-state index contributed by atoms with van der Waals surface area (Å²) in [5.74, 6) is 0.950. The lowest BCUT2D eigenvalue weighted by molar-refractivity contribution is 0.598. The van der Waals surface area contributed by atoms with Crippen molar-refractivity contribution >= 4 is 23.1 Å². The molecule has 0 aliphatic heterocycles. The lowest BCUT2D eigenvalue weighted by Crippen LogP contribution is -2.17. The minimum Gasteiger partial charge on any atom is -0.310 e. The average molecular weight is 278 g/mol. The second kappa shape index (κ2) is 6.92. The number of nitrogens with one attached hydrogen (secondary N) is 1. The Kier molecular flexibility index (Phi) is 5.23. The lowest BCUT2D eigenvalue weighted by atomic mass is 10.1. The summed E-state index contributed by atoms with van der Waals surface area (Å²) < 4.78 is 0. The summed E-state index contributed by atoms with van der Waals surface area (Å²) in [7, 11) is 0. The van der Waals surface area contributed by atoms with E-state index in [9.17, 15) is 0 Å². The molecule has 0 bridgehead atoms. The van der Waals surface area contributed by atoms with Crippen molar-refractivity contribution < 1.29 is 0 Å². The third-order valence-electron chi connectivity index (χ3n) is 2.76. The molecule has 0 fully saturated rings. The second-order valence-corrected chi connectivity index (χ2v) is 5.88. The van der Waals surface area contributed by atoms with Gasteiger partial charge in [0.1, 0.15) is 0 Å². The Morgan fingerprint density at radius 3 is 2.72 bits per heavy atom. The minimum atomic E-state index is 0.424. The largest absolute Gasteiger partial charge is 0.310 e. The van der Waals surface area contributed by atoms with Crippen molar-refractivity contribution in [3.05, 3.63) is 46.4 Å². The number of aromatic nitrogens is 1. The van der Waals surface area contributed by atoms with Crippen molar-refractivity contribution in [2.75, 3.05) is 6.54 Å². The van der Waals surface area contributed by atoms with E-state index in [0.29, 0.717) is 6.04 Å². The first kappa shape index (κ1) is 13.6. The van der Waals surface area contributed by atoms with Gasteiger partial charge in [-0.2, -0.15) is 0 Å². The van der Waals surface area contributed by atoms with Gasteiger partial charge in [0.05, 0.1) is 11.2 Å². The van der Waals surface area contributed by atoms with Gasteiger partial charge in [0.25, 0.3) is 0 Å². The Morgan fingerprint density at radius 1 is 1.33 bits per heavy atom. The van der Waals surface area contributed by atoms with E-state index < -0.39 is 0 Å². The van der Waals surface area contributed by atoms with Gasteiger partial charge >= 0.3 is 0 Å². The van der Waals surface area contributed by atoms with Crippen molar-refractivity contribution in [2.24, 2.45) is 0 Å². The molecule has 1 heterocycles. The molecule has 18 heavy (non-hydrogen) atoms. The van der Waals surface area contributed by atoms with Gasteiger partial charge in [-0.25, -0.2) is 4.98 Å². The van der Waals surface area contributed by atoms with Crippen molar-refractivity contribution in [1.29, 1.82) is 0 Å². The zero-order chi connectivity index (χ0) is 12.8. The Bertz CT molecular complexity index is 451. The second-order valence-electron chi connectivity index (χ2n) is 4.12. The molecule has 2 aromatic rings. The van der Waals surface area contributed by atoms with Crippen molar-refractivity contribution in [3.63, 3.8) is 0 Å². The van der Waals surface area contributed by atoms with Gasteiger partial charge in [-0.3, -0.25) is 0 Å². The van der Waals surface area contributed by atoms with Crippen LogP contribution in [-0.2, 0) is 5.75 Å². The Morgan fingerprint density at radius 2 is 2.11 bits per heavy atom. The Hall–Kier alpha value is -0.840. The van der Waals surface area contributed by atoms with E-state index in [0.717, 1.165) is 18.0 Å². The number of nitrogens with zero attached hydrogens (tertiary/aromatic N) is 1. The van der Waals surface area contributed by atoms with Gasteiger partial charge in [0.15, 0.2) is 0 Å². The van der Waals surface area contributed by atoms with E-state index >= 15 is 0 Å².